The third-order valence-corrected chi connectivity index (χ3v) is 3.96. The predicted octanol–water partition coefficient (Wildman–Crippen LogP) is 4.09. The number of aromatic nitrogens is 1. The van der Waals surface area contributed by atoms with Gasteiger partial charge in [0, 0.05) is 10.7 Å². The summed E-state index contributed by atoms with van der Waals surface area (Å²) in [6.07, 6.45) is 1.29. The van der Waals surface area contributed by atoms with Gasteiger partial charge in [-0.3, -0.25) is 4.79 Å². The lowest BCUT2D eigenvalue weighted by Crippen LogP contribution is -2.21. The van der Waals surface area contributed by atoms with Crippen molar-refractivity contribution in [2.24, 2.45) is 0 Å². The van der Waals surface area contributed by atoms with Crippen molar-refractivity contribution >= 4 is 15.9 Å². The Balaban J connectivity index is 1.71. The zero-order chi connectivity index (χ0) is 16.2. The second-order valence-electron chi connectivity index (χ2n) is 5.00. The Morgan fingerprint density at radius 2 is 1.57 bits per heavy atom. The first-order valence-corrected chi connectivity index (χ1v) is 7.81. The molecule has 4 nitrogen and oxygen atoms in total. The minimum absolute atomic E-state index is 0.109. The van der Waals surface area contributed by atoms with E-state index in [0.29, 0.717) is 16.0 Å². The number of hydrogen-bond acceptors (Lipinski definition) is 3. The van der Waals surface area contributed by atoms with Crippen LogP contribution in [0.4, 0.5) is 0 Å². The van der Waals surface area contributed by atoms with Crippen LogP contribution in [0.1, 0.15) is 5.56 Å². The topological polar surface area (TPSA) is 51.5 Å². The van der Waals surface area contributed by atoms with E-state index >= 15 is 0 Å². The standard InChI is InChI=1S/C18H14BrNO3/c19-16-7-3-13(4-8-16)14-5-9-17(10-6-14)23-12-15-2-1-11-20(22)18(15)21/h1-11,22H,12H2. The molecule has 23 heavy (non-hydrogen) atoms. The van der Waals surface area contributed by atoms with Crippen LogP contribution in [-0.4, -0.2) is 9.94 Å². The van der Waals surface area contributed by atoms with Gasteiger partial charge in [-0.2, -0.15) is 4.73 Å². The van der Waals surface area contributed by atoms with Gasteiger partial charge < -0.3 is 9.94 Å². The van der Waals surface area contributed by atoms with Crippen LogP contribution in [0.3, 0.4) is 0 Å². The van der Waals surface area contributed by atoms with E-state index in [4.69, 9.17) is 4.74 Å². The number of ether oxygens (including phenoxy) is 1. The van der Waals surface area contributed by atoms with E-state index in [-0.39, 0.29) is 6.61 Å². The van der Waals surface area contributed by atoms with Gasteiger partial charge in [0.2, 0.25) is 0 Å². The highest BCUT2D eigenvalue weighted by atomic mass is 79.9. The molecule has 3 aromatic rings. The molecule has 0 bridgehead atoms. The molecular formula is C18H14BrNO3. The minimum atomic E-state index is -0.473. The monoisotopic (exact) mass is 371 g/mol. The van der Waals surface area contributed by atoms with Crippen LogP contribution in [0.2, 0.25) is 0 Å². The van der Waals surface area contributed by atoms with Gasteiger partial charge >= 0.3 is 0 Å². The minimum Gasteiger partial charge on any atom is -0.489 e. The van der Waals surface area contributed by atoms with Crippen molar-refractivity contribution < 1.29 is 9.94 Å². The highest BCUT2D eigenvalue weighted by Crippen LogP contribution is 2.24. The van der Waals surface area contributed by atoms with Gasteiger partial charge in [0.25, 0.3) is 5.56 Å². The number of benzene rings is 2. The van der Waals surface area contributed by atoms with E-state index in [1.807, 2.05) is 48.5 Å². The molecule has 3 rings (SSSR count). The summed E-state index contributed by atoms with van der Waals surface area (Å²) in [6.45, 7) is 0.109. The molecule has 0 aliphatic carbocycles. The molecule has 0 radical (unpaired) electrons. The Morgan fingerprint density at radius 3 is 2.22 bits per heavy atom. The van der Waals surface area contributed by atoms with Crippen LogP contribution in [0.5, 0.6) is 5.75 Å². The first kappa shape index (κ1) is 15.4. The van der Waals surface area contributed by atoms with Gasteiger partial charge in [-0.05, 0) is 47.5 Å². The molecule has 1 heterocycles. The third kappa shape index (κ3) is 3.63. The van der Waals surface area contributed by atoms with Crippen molar-refractivity contribution in [3.63, 3.8) is 0 Å². The zero-order valence-corrected chi connectivity index (χ0v) is 13.7. The van der Waals surface area contributed by atoms with Crippen molar-refractivity contribution in [1.82, 2.24) is 4.73 Å². The summed E-state index contributed by atoms with van der Waals surface area (Å²) in [5.41, 5.74) is 2.12. The van der Waals surface area contributed by atoms with Crippen LogP contribution in [-0.2, 0) is 6.61 Å². The predicted molar refractivity (Wildman–Crippen MR) is 91.8 cm³/mol. The summed E-state index contributed by atoms with van der Waals surface area (Å²) in [4.78, 5) is 11.7. The quantitative estimate of drug-likeness (QED) is 0.702. The molecule has 1 aromatic heterocycles. The van der Waals surface area contributed by atoms with Crippen molar-refractivity contribution in [3.8, 4) is 16.9 Å². The van der Waals surface area contributed by atoms with Crippen molar-refractivity contribution in [2.75, 3.05) is 0 Å². The van der Waals surface area contributed by atoms with Gasteiger partial charge in [-0.15, -0.1) is 0 Å². The lowest BCUT2D eigenvalue weighted by Gasteiger charge is -2.08. The number of halogens is 1. The maximum absolute atomic E-state index is 11.7. The van der Waals surface area contributed by atoms with E-state index < -0.39 is 5.56 Å². The highest BCUT2D eigenvalue weighted by Gasteiger charge is 2.04. The van der Waals surface area contributed by atoms with E-state index in [0.717, 1.165) is 15.6 Å². The largest absolute Gasteiger partial charge is 0.489 e. The Morgan fingerprint density at radius 1 is 0.957 bits per heavy atom. The SMILES string of the molecule is O=c1c(COc2ccc(-c3ccc(Br)cc3)cc2)cccn1O. The summed E-state index contributed by atoms with van der Waals surface area (Å²) in [5, 5.41) is 9.32. The second-order valence-corrected chi connectivity index (χ2v) is 5.92. The summed E-state index contributed by atoms with van der Waals surface area (Å²) in [7, 11) is 0. The Hall–Kier alpha value is -2.53. The fourth-order valence-corrected chi connectivity index (χ4v) is 2.45. The Labute approximate surface area is 141 Å². The maximum Gasteiger partial charge on any atom is 0.289 e. The molecular weight excluding hydrogens is 358 g/mol. The normalized spacial score (nSPS) is 10.5. The van der Waals surface area contributed by atoms with Crippen LogP contribution in [0.25, 0.3) is 11.1 Å². The molecule has 0 aliphatic heterocycles. The molecule has 0 amide bonds. The van der Waals surface area contributed by atoms with Crippen LogP contribution >= 0.6 is 15.9 Å². The fourth-order valence-electron chi connectivity index (χ4n) is 2.18. The first-order chi connectivity index (χ1) is 11.1. The third-order valence-electron chi connectivity index (χ3n) is 3.43. The van der Waals surface area contributed by atoms with E-state index in [9.17, 15) is 10.0 Å². The smallest absolute Gasteiger partial charge is 0.289 e. The molecule has 0 aliphatic rings. The number of rotatable bonds is 4. The molecule has 2 aromatic carbocycles. The fraction of sp³-hybridized carbons (Fsp3) is 0.0556. The Bertz CT molecular complexity index is 855. The van der Waals surface area contributed by atoms with Crippen LogP contribution < -0.4 is 10.3 Å². The summed E-state index contributed by atoms with van der Waals surface area (Å²) in [6, 6.07) is 18.9. The van der Waals surface area contributed by atoms with Gasteiger partial charge in [0.1, 0.15) is 12.4 Å². The van der Waals surface area contributed by atoms with Crippen molar-refractivity contribution in [1.29, 1.82) is 0 Å². The average molecular weight is 372 g/mol. The van der Waals surface area contributed by atoms with Crippen molar-refractivity contribution in [2.45, 2.75) is 6.61 Å². The molecule has 0 unspecified atom stereocenters. The second kappa shape index (κ2) is 6.71. The molecule has 0 fully saturated rings. The average Bonchev–Trinajstić information content (AvgIpc) is 2.57. The molecule has 1 N–H and O–H groups in total. The molecule has 0 spiro atoms. The Kier molecular flexibility index (Phi) is 4.48. The lowest BCUT2D eigenvalue weighted by molar-refractivity contribution is 0.171. The molecule has 0 saturated heterocycles. The van der Waals surface area contributed by atoms with E-state index in [1.54, 1.807) is 12.1 Å². The van der Waals surface area contributed by atoms with Gasteiger partial charge in [0.05, 0.1) is 5.56 Å². The molecule has 5 heteroatoms. The molecule has 0 saturated carbocycles. The summed E-state index contributed by atoms with van der Waals surface area (Å²) < 4.78 is 7.20. The lowest BCUT2D eigenvalue weighted by atomic mass is 10.1. The first-order valence-electron chi connectivity index (χ1n) is 7.02. The van der Waals surface area contributed by atoms with Crippen LogP contribution in [0.15, 0.2) is 76.1 Å². The van der Waals surface area contributed by atoms with E-state index in [2.05, 4.69) is 15.9 Å². The van der Waals surface area contributed by atoms with Crippen LogP contribution in [0, 0.1) is 0 Å². The maximum atomic E-state index is 11.7. The molecule has 0 atom stereocenters. The summed E-state index contributed by atoms with van der Waals surface area (Å²) in [5.74, 6) is 0.665. The van der Waals surface area contributed by atoms with Gasteiger partial charge in [0.15, 0.2) is 0 Å². The number of nitrogens with zero attached hydrogens (tertiary/aromatic N) is 1. The van der Waals surface area contributed by atoms with Crippen molar-refractivity contribution in [3.05, 3.63) is 87.3 Å². The number of pyridine rings is 1. The summed E-state index contributed by atoms with van der Waals surface area (Å²) >= 11 is 3.42. The van der Waals surface area contributed by atoms with Gasteiger partial charge in [-0.25, -0.2) is 0 Å². The molecule has 116 valence electrons. The zero-order valence-electron chi connectivity index (χ0n) is 12.1. The van der Waals surface area contributed by atoms with Gasteiger partial charge in [-0.1, -0.05) is 40.2 Å². The number of hydrogen-bond donors (Lipinski definition) is 1. The van der Waals surface area contributed by atoms with E-state index in [1.165, 1.54) is 6.20 Å². The highest BCUT2D eigenvalue weighted by molar-refractivity contribution is 9.10.